The molecule has 0 aromatic heterocycles. The second-order valence-corrected chi connectivity index (χ2v) is 3.38. The molecule has 0 aliphatic carbocycles. The Labute approximate surface area is 88.4 Å². The van der Waals surface area contributed by atoms with Gasteiger partial charge in [0.2, 0.25) is 0 Å². The van der Waals surface area contributed by atoms with Gasteiger partial charge in [0.1, 0.15) is 11.9 Å². The minimum absolute atomic E-state index is 0.00729. The summed E-state index contributed by atoms with van der Waals surface area (Å²) in [5.41, 5.74) is 0.937. The smallest absolute Gasteiger partial charge is 0.184 e. The van der Waals surface area contributed by atoms with E-state index in [4.69, 9.17) is 19.3 Å². The van der Waals surface area contributed by atoms with Crippen LogP contribution in [0.5, 0.6) is 5.75 Å². The van der Waals surface area contributed by atoms with Gasteiger partial charge in [-0.2, -0.15) is 0 Å². The third-order valence-corrected chi connectivity index (χ3v) is 2.34. The van der Waals surface area contributed by atoms with Crippen LogP contribution in [0.3, 0.4) is 0 Å². The van der Waals surface area contributed by atoms with Crippen molar-refractivity contribution in [2.24, 2.45) is 0 Å². The first-order chi connectivity index (χ1) is 7.33. The Kier molecular flexibility index (Phi) is 3.20. The molecule has 1 N–H and O–H groups in total. The molecule has 0 amide bonds. The zero-order valence-corrected chi connectivity index (χ0v) is 8.55. The van der Waals surface area contributed by atoms with Crippen molar-refractivity contribution in [3.05, 3.63) is 29.8 Å². The summed E-state index contributed by atoms with van der Waals surface area (Å²) in [7, 11) is 1.62. The molecular formula is C11H14O4. The Hall–Kier alpha value is -1.10. The van der Waals surface area contributed by atoms with Crippen LogP contribution in [0.15, 0.2) is 24.3 Å². The van der Waals surface area contributed by atoms with Gasteiger partial charge in [-0.1, -0.05) is 12.1 Å². The predicted octanol–water partition coefficient (Wildman–Crippen LogP) is 1.10. The van der Waals surface area contributed by atoms with Crippen LogP contribution in [0.2, 0.25) is 0 Å². The molecule has 15 heavy (non-hydrogen) atoms. The van der Waals surface area contributed by atoms with E-state index in [9.17, 15) is 0 Å². The molecule has 82 valence electrons. The van der Waals surface area contributed by atoms with E-state index in [0.717, 1.165) is 11.3 Å². The quantitative estimate of drug-likeness (QED) is 0.811. The van der Waals surface area contributed by atoms with Gasteiger partial charge in [0.05, 0.1) is 20.3 Å². The summed E-state index contributed by atoms with van der Waals surface area (Å²) < 4.78 is 15.9. The summed E-state index contributed by atoms with van der Waals surface area (Å²) >= 11 is 0. The van der Waals surface area contributed by atoms with E-state index in [-0.39, 0.29) is 19.0 Å². The van der Waals surface area contributed by atoms with Crippen LogP contribution >= 0.6 is 0 Å². The third kappa shape index (κ3) is 2.28. The van der Waals surface area contributed by atoms with E-state index in [2.05, 4.69) is 0 Å². The Morgan fingerprint density at radius 2 is 2.13 bits per heavy atom. The lowest BCUT2D eigenvalue weighted by Gasteiger charge is -2.10. The second kappa shape index (κ2) is 4.61. The molecule has 1 aromatic carbocycles. The van der Waals surface area contributed by atoms with Crippen molar-refractivity contribution in [1.29, 1.82) is 0 Å². The van der Waals surface area contributed by atoms with Crippen LogP contribution in [0, 0.1) is 0 Å². The number of hydrogen-bond donors (Lipinski definition) is 1. The average Bonchev–Trinajstić information content (AvgIpc) is 2.78. The van der Waals surface area contributed by atoms with E-state index < -0.39 is 0 Å². The molecule has 0 radical (unpaired) electrons. The van der Waals surface area contributed by atoms with Gasteiger partial charge in [-0.3, -0.25) is 0 Å². The summed E-state index contributed by atoms with van der Waals surface area (Å²) in [6.07, 6.45) is -0.579. The van der Waals surface area contributed by atoms with E-state index in [1.54, 1.807) is 7.11 Å². The first-order valence-electron chi connectivity index (χ1n) is 4.85. The fourth-order valence-electron chi connectivity index (χ4n) is 1.48. The highest BCUT2D eigenvalue weighted by molar-refractivity contribution is 5.28. The maximum absolute atomic E-state index is 8.89. The largest absolute Gasteiger partial charge is 0.497 e. The van der Waals surface area contributed by atoms with Gasteiger partial charge < -0.3 is 19.3 Å². The standard InChI is InChI=1S/C11H14O4/c1-13-9-4-2-8(3-5-9)11-14-7-10(6-12)15-11/h2-5,10-12H,6-7H2,1H3/t10-,11+/m0/s1. The van der Waals surface area contributed by atoms with Gasteiger partial charge >= 0.3 is 0 Å². The number of methoxy groups -OCH3 is 1. The highest BCUT2D eigenvalue weighted by atomic mass is 16.7. The van der Waals surface area contributed by atoms with E-state index in [0.29, 0.717) is 6.61 Å². The zero-order valence-electron chi connectivity index (χ0n) is 8.55. The Bertz CT molecular complexity index is 309. The molecule has 1 aromatic rings. The van der Waals surface area contributed by atoms with Crippen molar-refractivity contribution in [2.45, 2.75) is 12.4 Å². The van der Waals surface area contributed by atoms with Crippen LogP contribution in [0.1, 0.15) is 11.9 Å². The maximum atomic E-state index is 8.89. The number of hydrogen-bond acceptors (Lipinski definition) is 4. The fourth-order valence-corrected chi connectivity index (χ4v) is 1.48. The van der Waals surface area contributed by atoms with Gasteiger partial charge in [-0.15, -0.1) is 0 Å². The monoisotopic (exact) mass is 210 g/mol. The Morgan fingerprint density at radius 3 is 2.67 bits per heavy atom. The summed E-state index contributed by atoms with van der Waals surface area (Å²) in [4.78, 5) is 0. The van der Waals surface area contributed by atoms with Crippen molar-refractivity contribution in [3.63, 3.8) is 0 Å². The Balaban J connectivity index is 2.04. The highest BCUT2D eigenvalue weighted by Gasteiger charge is 2.26. The van der Waals surface area contributed by atoms with Crippen LogP contribution < -0.4 is 4.74 Å². The van der Waals surface area contributed by atoms with Crippen LogP contribution in [0.4, 0.5) is 0 Å². The lowest BCUT2D eigenvalue weighted by molar-refractivity contribution is -0.0675. The highest BCUT2D eigenvalue weighted by Crippen LogP contribution is 2.27. The van der Waals surface area contributed by atoms with Gasteiger partial charge in [-0.05, 0) is 12.1 Å². The van der Waals surface area contributed by atoms with Crippen molar-refractivity contribution in [3.8, 4) is 5.75 Å². The van der Waals surface area contributed by atoms with Crippen LogP contribution in [-0.2, 0) is 9.47 Å². The Morgan fingerprint density at radius 1 is 1.40 bits per heavy atom. The van der Waals surface area contributed by atoms with Gasteiger partial charge in [-0.25, -0.2) is 0 Å². The van der Waals surface area contributed by atoms with Crippen molar-refractivity contribution in [2.75, 3.05) is 20.3 Å². The summed E-state index contributed by atoms with van der Waals surface area (Å²) in [5, 5.41) is 8.89. The predicted molar refractivity (Wildman–Crippen MR) is 53.6 cm³/mol. The number of benzene rings is 1. The fraction of sp³-hybridized carbons (Fsp3) is 0.455. The van der Waals surface area contributed by atoms with Crippen LogP contribution in [0.25, 0.3) is 0 Å². The summed E-state index contributed by atoms with van der Waals surface area (Å²) in [6.45, 7) is 0.430. The molecule has 0 spiro atoms. The number of ether oxygens (including phenoxy) is 3. The van der Waals surface area contributed by atoms with Crippen LogP contribution in [-0.4, -0.2) is 31.5 Å². The van der Waals surface area contributed by atoms with E-state index in [1.165, 1.54) is 0 Å². The zero-order chi connectivity index (χ0) is 10.7. The number of rotatable bonds is 3. The van der Waals surface area contributed by atoms with Crippen molar-refractivity contribution < 1.29 is 19.3 Å². The normalized spacial score (nSPS) is 25.5. The summed E-state index contributed by atoms with van der Waals surface area (Å²) in [5.74, 6) is 0.801. The van der Waals surface area contributed by atoms with Gasteiger partial charge in [0, 0.05) is 5.56 Å². The average molecular weight is 210 g/mol. The molecule has 1 aliphatic heterocycles. The first kappa shape index (κ1) is 10.4. The van der Waals surface area contributed by atoms with Gasteiger partial charge in [0.15, 0.2) is 6.29 Å². The molecule has 4 nitrogen and oxygen atoms in total. The molecule has 1 saturated heterocycles. The lowest BCUT2D eigenvalue weighted by atomic mass is 10.2. The van der Waals surface area contributed by atoms with Crippen molar-refractivity contribution in [1.82, 2.24) is 0 Å². The SMILES string of the molecule is COc1ccc([C@@H]2OC[C@H](CO)O2)cc1. The van der Waals surface area contributed by atoms with Crippen molar-refractivity contribution >= 4 is 0 Å². The number of aliphatic hydroxyl groups excluding tert-OH is 1. The minimum Gasteiger partial charge on any atom is -0.497 e. The first-order valence-corrected chi connectivity index (χ1v) is 4.85. The molecule has 1 aliphatic rings. The third-order valence-electron chi connectivity index (χ3n) is 2.34. The molecule has 0 unspecified atom stereocenters. The van der Waals surface area contributed by atoms with E-state index >= 15 is 0 Å². The van der Waals surface area contributed by atoms with E-state index in [1.807, 2.05) is 24.3 Å². The topological polar surface area (TPSA) is 47.9 Å². The molecule has 0 bridgehead atoms. The molecule has 0 saturated carbocycles. The molecule has 1 heterocycles. The molecular weight excluding hydrogens is 196 g/mol. The second-order valence-electron chi connectivity index (χ2n) is 3.38. The molecule has 2 atom stereocenters. The number of aliphatic hydroxyl groups is 1. The molecule has 2 rings (SSSR count). The molecule has 4 heteroatoms. The maximum Gasteiger partial charge on any atom is 0.184 e. The summed E-state index contributed by atoms with van der Waals surface area (Å²) in [6, 6.07) is 7.50. The molecule has 1 fully saturated rings. The van der Waals surface area contributed by atoms with Gasteiger partial charge in [0.25, 0.3) is 0 Å². The lowest BCUT2D eigenvalue weighted by Crippen LogP contribution is -2.14. The minimum atomic E-state index is -0.368.